The van der Waals surface area contributed by atoms with E-state index in [0.717, 1.165) is 13.0 Å². The van der Waals surface area contributed by atoms with Gasteiger partial charge in [-0.25, -0.2) is 0 Å². The quantitative estimate of drug-likeness (QED) is 0.690. The Bertz CT molecular complexity index is 429. The third-order valence-corrected chi connectivity index (χ3v) is 5.24. The molecule has 0 aromatic carbocycles. The molecule has 6 nitrogen and oxygen atoms in total. The van der Waals surface area contributed by atoms with Gasteiger partial charge in [0, 0.05) is 19.6 Å². The van der Waals surface area contributed by atoms with Crippen molar-refractivity contribution in [3.8, 4) is 0 Å². The molecular formula is C18H32N2O4. The molecular weight excluding hydrogens is 308 g/mol. The minimum absolute atomic E-state index is 0.0477. The van der Waals surface area contributed by atoms with Gasteiger partial charge in [-0.15, -0.1) is 0 Å². The Labute approximate surface area is 144 Å². The Kier molecular flexibility index (Phi) is 7.49. The number of rotatable bonds is 7. The molecule has 1 saturated carbocycles. The molecule has 0 spiro atoms. The van der Waals surface area contributed by atoms with Gasteiger partial charge in [0.2, 0.25) is 5.91 Å². The molecule has 1 heterocycles. The minimum atomic E-state index is -0.762. The van der Waals surface area contributed by atoms with Crippen LogP contribution in [0.4, 0.5) is 0 Å². The maximum absolute atomic E-state index is 12.1. The number of piperidine rings is 1. The third-order valence-electron chi connectivity index (χ3n) is 5.24. The molecule has 2 fully saturated rings. The second kappa shape index (κ2) is 9.37. The number of nitrogens with zero attached hydrogens (tertiary/aromatic N) is 1. The lowest BCUT2D eigenvalue weighted by atomic mass is 9.88. The predicted molar refractivity (Wildman–Crippen MR) is 91.7 cm³/mol. The Morgan fingerprint density at radius 2 is 1.96 bits per heavy atom. The highest BCUT2D eigenvalue weighted by molar-refractivity contribution is 5.78. The molecule has 1 aliphatic heterocycles. The largest absolute Gasteiger partial charge is 0.481 e. The maximum Gasteiger partial charge on any atom is 0.307 e. The summed E-state index contributed by atoms with van der Waals surface area (Å²) >= 11 is 0. The second-order valence-electron chi connectivity index (χ2n) is 7.59. The van der Waals surface area contributed by atoms with Crippen molar-refractivity contribution >= 4 is 11.9 Å². The first kappa shape index (κ1) is 19.2. The van der Waals surface area contributed by atoms with E-state index in [9.17, 15) is 14.7 Å². The van der Waals surface area contributed by atoms with E-state index in [0.29, 0.717) is 44.1 Å². The molecule has 4 unspecified atom stereocenters. The molecule has 2 N–H and O–H groups in total. The lowest BCUT2D eigenvalue weighted by molar-refractivity contribution is -0.145. The van der Waals surface area contributed by atoms with E-state index in [-0.39, 0.29) is 18.4 Å². The van der Waals surface area contributed by atoms with Crippen molar-refractivity contribution in [3.05, 3.63) is 0 Å². The smallest absolute Gasteiger partial charge is 0.307 e. The van der Waals surface area contributed by atoms with E-state index in [4.69, 9.17) is 4.74 Å². The summed E-state index contributed by atoms with van der Waals surface area (Å²) in [5.41, 5.74) is 0. The summed E-state index contributed by atoms with van der Waals surface area (Å²) in [7, 11) is 0. The highest BCUT2D eigenvalue weighted by atomic mass is 16.5. The molecule has 6 heteroatoms. The summed E-state index contributed by atoms with van der Waals surface area (Å²) in [6.07, 6.45) is 5.91. The summed E-state index contributed by atoms with van der Waals surface area (Å²) in [4.78, 5) is 25.2. The number of carboxylic acid groups (broad SMARTS) is 1. The SMILES string of the molecule is CC1CC(C(=O)O)CN(CC(=O)NCCOC2CCCCC2C)C1. The molecule has 0 bridgehead atoms. The van der Waals surface area contributed by atoms with E-state index in [1.807, 2.05) is 11.8 Å². The van der Waals surface area contributed by atoms with Crippen molar-refractivity contribution in [2.24, 2.45) is 17.8 Å². The first-order chi connectivity index (χ1) is 11.5. The molecule has 0 aromatic heterocycles. The molecule has 1 saturated heterocycles. The summed E-state index contributed by atoms with van der Waals surface area (Å²) in [6.45, 7) is 6.87. The van der Waals surface area contributed by atoms with Gasteiger partial charge in [0.15, 0.2) is 0 Å². The average Bonchev–Trinajstić information content (AvgIpc) is 2.52. The third kappa shape index (κ3) is 6.06. The van der Waals surface area contributed by atoms with Gasteiger partial charge >= 0.3 is 5.97 Å². The van der Waals surface area contributed by atoms with E-state index in [2.05, 4.69) is 12.2 Å². The molecule has 4 atom stereocenters. The Balaban J connectivity index is 1.63. The van der Waals surface area contributed by atoms with Crippen LogP contribution in [0.3, 0.4) is 0 Å². The van der Waals surface area contributed by atoms with E-state index < -0.39 is 5.97 Å². The number of carbonyl (C=O) groups excluding carboxylic acids is 1. The lowest BCUT2D eigenvalue weighted by Crippen LogP contribution is -2.47. The zero-order valence-corrected chi connectivity index (χ0v) is 15.0. The standard InChI is InChI=1S/C18H32N2O4/c1-13-9-15(18(22)23)11-20(10-13)12-17(21)19-7-8-24-16-6-4-3-5-14(16)2/h13-16H,3-12H2,1-2H3,(H,19,21)(H,22,23). The van der Waals surface area contributed by atoms with Gasteiger partial charge < -0.3 is 15.2 Å². The fourth-order valence-corrected chi connectivity index (χ4v) is 3.96. The first-order valence-electron chi connectivity index (χ1n) is 9.29. The predicted octanol–water partition coefficient (Wildman–Crippen LogP) is 1.74. The highest BCUT2D eigenvalue weighted by Crippen LogP contribution is 2.26. The number of nitrogens with one attached hydrogen (secondary N) is 1. The van der Waals surface area contributed by atoms with Crippen molar-refractivity contribution in [3.63, 3.8) is 0 Å². The van der Waals surface area contributed by atoms with Gasteiger partial charge in [-0.05, 0) is 31.1 Å². The van der Waals surface area contributed by atoms with Crippen LogP contribution in [0.25, 0.3) is 0 Å². The van der Waals surface area contributed by atoms with E-state index in [1.165, 1.54) is 19.3 Å². The van der Waals surface area contributed by atoms with Crippen molar-refractivity contribution in [2.75, 3.05) is 32.8 Å². The Morgan fingerprint density at radius 1 is 1.21 bits per heavy atom. The number of hydrogen-bond donors (Lipinski definition) is 2. The Morgan fingerprint density at radius 3 is 2.67 bits per heavy atom. The molecule has 1 amide bonds. The zero-order chi connectivity index (χ0) is 17.5. The fraction of sp³-hybridized carbons (Fsp3) is 0.889. The summed E-state index contributed by atoms with van der Waals surface area (Å²) in [6, 6.07) is 0. The Hall–Kier alpha value is -1.14. The number of amides is 1. The molecule has 2 rings (SSSR count). The number of ether oxygens (including phenoxy) is 1. The normalized spacial score (nSPS) is 31.6. The van der Waals surface area contributed by atoms with Crippen LogP contribution in [0.5, 0.6) is 0 Å². The lowest BCUT2D eigenvalue weighted by Gasteiger charge is -2.34. The summed E-state index contributed by atoms with van der Waals surface area (Å²) in [5, 5.41) is 12.1. The van der Waals surface area contributed by atoms with Crippen molar-refractivity contribution in [1.82, 2.24) is 10.2 Å². The molecule has 24 heavy (non-hydrogen) atoms. The van der Waals surface area contributed by atoms with Gasteiger partial charge in [0.1, 0.15) is 0 Å². The van der Waals surface area contributed by atoms with Gasteiger partial charge in [-0.3, -0.25) is 14.5 Å². The van der Waals surface area contributed by atoms with Crippen LogP contribution in [-0.4, -0.2) is 60.8 Å². The molecule has 2 aliphatic rings. The molecule has 0 aromatic rings. The van der Waals surface area contributed by atoms with Crippen LogP contribution >= 0.6 is 0 Å². The number of likely N-dealkylation sites (tertiary alicyclic amines) is 1. The van der Waals surface area contributed by atoms with Gasteiger partial charge in [0.25, 0.3) is 0 Å². The van der Waals surface area contributed by atoms with Crippen molar-refractivity contribution in [2.45, 2.75) is 52.1 Å². The zero-order valence-electron chi connectivity index (χ0n) is 15.0. The maximum atomic E-state index is 12.1. The fourth-order valence-electron chi connectivity index (χ4n) is 3.96. The van der Waals surface area contributed by atoms with Crippen LogP contribution in [0.1, 0.15) is 46.0 Å². The van der Waals surface area contributed by atoms with Gasteiger partial charge in [-0.2, -0.15) is 0 Å². The highest BCUT2D eigenvalue weighted by Gasteiger charge is 2.30. The summed E-state index contributed by atoms with van der Waals surface area (Å²) < 4.78 is 5.90. The van der Waals surface area contributed by atoms with Crippen LogP contribution in [0.15, 0.2) is 0 Å². The van der Waals surface area contributed by atoms with E-state index in [1.54, 1.807) is 0 Å². The van der Waals surface area contributed by atoms with Crippen LogP contribution in [0.2, 0.25) is 0 Å². The van der Waals surface area contributed by atoms with Crippen LogP contribution in [-0.2, 0) is 14.3 Å². The van der Waals surface area contributed by atoms with Crippen LogP contribution in [0, 0.1) is 17.8 Å². The van der Waals surface area contributed by atoms with Gasteiger partial charge in [-0.1, -0.05) is 26.7 Å². The minimum Gasteiger partial charge on any atom is -0.481 e. The van der Waals surface area contributed by atoms with Crippen LogP contribution < -0.4 is 5.32 Å². The average molecular weight is 340 g/mol. The van der Waals surface area contributed by atoms with E-state index >= 15 is 0 Å². The molecule has 0 radical (unpaired) electrons. The first-order valence-corrected chi connectivity index (χ1v) is 9.29. The summed E-state index contributed by atoms with van der Waals surface area (Å²) in [5.74, 6) is -0.255. The molecule has 138 valence electrons. The number of hydrogen-bond acceptors (Lipinski definition) is 4. The molecule has 1 aliphatic carbocycles. The number of carbonyl (C=O) groups is 2. The monoisotopic (exact) mass is 340 g/mol. The van der Waals surface area contributed by atoms with Gasteiger partial charge in [0.05, 0.1) is 25.2 Å². The number of carboxylic acids is 1. The topological polar surface area (TPSA) is 78.9 Å². The number of aliphatic carboxylic acids is 1. The van der Waals surface area contributed by atoms with Crippen molar-refractivity contribution in [1.29, 1.82) is 0 Å². The van der Waals surface area contributed by atoms with Crippen molar-refractivity contribution < 1.29 is 19.4 Å². The second-order valence-corrected chi connectivity index (χ2v) is 7.59.